The van der Waals surface area contributed by atoms with Crippen LogP contribution in [0.5, 0.6) is 0 Å². The number of benzene rings is 9. The minimum Gasteiger partial charge on any atom is -0.309 e. The molecule has 12 rings (SSSR count). The summed E-state index contributed by atoms with van der Waals surface area (Å²) in [4.78, 5) is 15.6. The van der Waals surface area contributed by atoms with Gasteiger partial charge in [0, 0.05) is 38.4 Å². The Morgan fingerprint density at radius 1 is 0.339 bits per heavy atom. The minimum atomic E-state index is -0.435. The maximum atomic E-state index is 9.01. The molecule has 0 bridgehead atoms. The van der Waals surface area contributed by atoms with Crippen LogP contribution in [0.4, 0.5) is 0 Å². The predicted octanol–water partition coefficient (Wildman–Crippen LogP) is 12.9. The van der Waals surface area contributed by atoms with Crippen molar-refractivity contribution in [3.8, 4) is 34.4 Å². The highest BCUT2D eigenvalue weighted by Crippen LogP contribution is 2.40. The zero-order valence-electron chi connectivity index (χ0n) is 34.7. The van der Waals surface area contributed by atoms with Crippen molar-refractivity contribution in [1.29, 1.82) is 0 Å². The van der Waals surface area contributed by atoms with E-state index in [0.29, 0.717) is 23.1 Å². The third-order valence-electron chi connectivity index (χ3n) is 11.0. The Balaban J connectivity index is 1.17. The van der Waals surface area contributed by atoms with Crippen LogP contribution in [0.2, 0.25) is 0 Å². The maximum absolute atomic E-state index is 9.01. The third-order valence-corrected chi connectivity index (χ3v) is 11.0. The normalized spacial score (nSPS) is 13.2. The van der Waals surface area contributed by atoms with Crippen molar-refractivity contribution in [3.05, 3.63) is 188 Å². The second-order valence-electron chi connectivity index (χ2n) is 14.1. The van der Waals surface area contributed by atoms with E-state index in [1.54, 1.807) is 4.57 Å². The second kappa shape index (κ2) is 11.9. The first-order valence-electron chi connectivity index (χ1n) is 21.0. The third kappa shape index (κ3) is 4.52. The quantitative estimate of drug-likeness (QED) is 0.170. The summed E-state index contributed by atoms with van der Waals surface area (Å²) >= 11 is 0. The number of hydrogen-bond donors (Lipinski definition) is 0. The summed E-state index contributed by atoms with van der Waals surface area (Å²) in [7, 11) is 0. The van der Waals surface area contributed by atoms with Gasteiger partial charge in [-0.05, 0) is 74.7 Å². The number of nitrogens with zero attached hydrogens (tertiary/aromatic N) is 5. The molecule has 0 amide bonds. The standard InChI is InChI=1S/C51H31N5/c1-3-15-32(16-4-1)49-52-50(33-27-28-39-37-21-8-7-19-35(37)36-20-9-10-22-38(36)42(39)29-33)54-51(53-49)56-46-26-14-12-24-41(46)44-30-43-40-23-11-13-25-45(40)55(47(43)31-48(44)56)34-17-5-2-6-18-34/h1-31H/i2D,5D,6D,17D,18D. The first-order valence-corrected chi connectivity index (χ1v) is 18.5. The molecule has 0 aliphatic carbocycles. The number of hydrogen-bond acceptors (Lipinski definition) is 3. The van der Waals surface area contributed by atoms with Gasteiger partial charge in [0.25, 0.3) is 0 Å². The van der Waals surface area contributed by atoms with E-state index in [4.69, 9.17) is 21.8 Å². The number of aromatic nitrogens is 5. The topological polar surface area (TPSA) is 48.5 Å². The molecular formula is C51H31N5. The van der Waals surface area contributed by atoms with Gasteiger partial charge < -0.3 is 4.57 Å². The number of para-hydroxylation sites is 3. The molecule has 0 N–H and O–H groups in total. The Labute approximate surface area is 328 Å². The molecule has 260 valence electrons. The summed E-state index contributed by atoms with van der Waals surface area (Å²) in [5.74, 6) is 1.45. The maximum Gasteiger partial charge on any atom is 0.238 e. The van der Waals surface area contributed by atoms with Crippen molar-refractivity contribution in [3.63, 3.8) is 0 Å². The molecule has 0 saturated heterocycles. The van der Waals surface area contributed by atoms with Crippen LogP contribution >= 0.6 is 0 Å². The lowest BCUT2D eigenvalue weighted by Crippen LogP contribution is -2.06. The molecule has 3 heterocycles. The zero-order chi connectivity index (χ0) is 41.1. The van der Waals surface area contributed by atoms with Crippen LogP contribution in [0.1, 0.15) is 6.85 Å². The Morgan fingerprint density at radius 3 is 1.48 bits per heavy atom. The van der Waals surface area contributed by atoms with Gasteiger partial charge in [0.1, 0.15) is 0 Å². The molecule has 5 nitrogen and oxygen atoms in total. The minimum absolute atomic E-state index is 0.0876. The van der Waals surface area contributed by atoms with Crippen LogP contribution in [0.15, 0.2) is 188 Å². The van der Waals surface area contributed by atoms with Crippen LogP contribution in [0.3, 0.4) is 0 Å². The van der Waals surface area contributed by atoms with Gasteiger partial charge in [-0.3, -0.25) is 4.57 Å². The lowest BCUT2D eigenvalue weighted by molar-refractivity contribution is 0.954. The van der Waals surface area contributed by atoms with E-state index in [1.165, 1.54) is 16.2 Å². The molecule has 0 aliphatic heterocycles. The van der Waals surface area contributed by atoms with Crippen LogP contribution in [0, 0.1) is 0 Å². The van der Waals surface area contributed by atoms with Gasteiger partial charge in [-0.1, -0.05) is 146 Å². The summed E-state index contributed by atoms with van der Waals surface area (Å²) in [6.45, 7) is 0. The molecular weight excluding hydrogens is 683 g/mol. The van der Waals surface area contributed by atoms with Gasteiger partial charge in [-0.25, -0.2) is 4.98 Å². The highest BCUT2D eigenvalue weighted by atomic mass is 15.2. The molecule has 0 saturated carbocycles. The number of rotatable bonds is 4. The highest BCUT2D eigenvalue weighted by Gasteiger charge is 2.21. The molecule has 0 atom stereocenters. The van der Waals surface area contributed by atoms with Gasteiger partial charge in [0.15, 0.2) is 11.6 Å². The van der Waals surface area contributed by atoms with E-state index in [2.05, 4.69) is 89.5 Å². The van der Waals surface area contributed by atoms with Gasteiger partial charge in [0.2, 0.25) is 5.95 Å². The van der Waals surface area contributed by atoms with Crippen LogP contribution in [0.25, 0.3) is 110 Å². The Hall–Kier alpha value is -7.63. The van der Waals surface area contributed by atoms with Gasteiger partial charge in [-0.2, -0.15) is 9.97 Å². The molecule has 0 fully saturated rings. The Morgan fingerprint density at radius 2 is 0.839 bits per heavy atom. The fourth-order valence-corrected chi connectivity index (χ4v) is 8.60. The molecule has 3 aromatic heterocycles. The van der Waals surface area contributed by atoms with Crippen LogP contribution < -0.4 is 0 Å². The van der Waals surface area contributed by atoms with Crippen molar-refractivity contribution in [2.45, 2.75) is 0 Å². The first kappa shape index (κ1) is 26.2. The van der Waals surface area contributed by atoms with Crippen molar-refractivity contribution >= 4 is 75.9 Å². The molecule has 0 unspecified atom stereocenters. The molecule has 12 aromatic rings. The summed E-state index contributed by atoms with van der Waals surface area (Å²) in [5.41, 5.74) is 4.86. The van der Waals surface area contributed by atoms with E-state index < -0.39 is 18.1 Å². The summed E-state index contributed by atoms with van der Waals surface area (Å²) in [6, 6.07) is 51.7. The van der Waals surface area contributed by atoms with E-state index in [9.17, 15) is 0 Å². The van der Waals surface area contributed by atoms with Gasteiger partial charge >= 0.3 is 0 Å². The van der Waals surface area contributed by atoms with Crippen molar-refractivity contribution < 1.29 is 6.85 Å². The average Bonchev–Trinajstić information content (AvgIpc) is 3.81. The van der Waals surface area contributed by atoms with Gasteiger partial charge in [0.05, 0.1) is 28.9 Å². The lowest BCUT2D eigenvalue weighted by Gasteiger charge is -2.13. The zero-order valence-corrected chi connectivity index (χ0v) is 29.7. The molecule has 0 aliphatic rings. The monoisotopic (exact) mass is 718 g/mol. The fourth-order valence-electron chi connectivity index (χ4n) is 8.60. The molecule has 0 radical (unpaired) electrons. The number of fused-ring (bicyclic) bond motifs is 12. The Bertz CT molecular complexity index is 3770. The fraction of sp³-hybridized carbons (Fsp3) is 0. The van der Waals surface area contributed by atoms with Crippen LogP contribution in [-0.4, -0.2) is 24.1 Å². The SMILES string of the molecule is [2H]c1c([2H])c([2H])c(-n2c3ccccc3c3cc4c5ccccc5n(-c5nc(-c6ccccc6)nc(-c6ccc7c8ccccc8c8ccccc8c7c6)n5)c4cc32)c([2H])c1[2H]. The lowest BCUT2D eigenvalue weighted by atomic mass is 9.93. The predicted molar refractivity (Wildman–Crippen MR) is 232 cm³/mol. The van der Waals surface area contributed by atoms with Crippen LogP contribution in [-0.2, 0) is 0 Å². The highest BCUT2D eigenvalue weighted by molar-refractivity contribution is 6.26. The van der Waals surface area contributed by atoms with Crippen molar-refractivity contribution in [2.24, 2.45) is 0 Å². The second-order valence-corrected chi connectivity index (χ2v) is 14.1. The van der Waals surface area contributed by atoms with Gasteiger partial charge in [-0.15, -0.1) is 0 Å². The van der Waals surface area contributed by atoms with E-state index in [1.807, 2.05) is 72.8 Å². The molecule has 0 spiro atoms. The largest absolute Gasteiger partial charge is 0.309 e. The summed E-state index contributed by atoms with van der Waals surface area (Å²) in [6.07, 6.45) is 0. The Kier molecular flexibility index (Phi) is 5.58. The first-order chi connectivity index (χ1) is 29.9. The van der Waals surface area contributed by atoms with E-state index in [0.717, 1.165) is 65.4 Å². The molecule has 56 heavy (non-hydrogen) atoms. The van der Waals surface area contributed by atoms with Crippen molar-refractivity contribution in [2.75, 3.05) is 0 Å². The van der Waals surface area contributed by atoms with E-state index >= 15 is 0 Å². The molecule has 5 heteroatoms. The molecule has 9 aromatic carbocycles. The average molecular weight is 719 g/mol. The van der Waals surface area contributed by atoms with Crippen molar-refractivity contribution in [1.82, 2.24) is 24.1 Å². The summed E-state index contributed by atoms with van der Waals surface area (Å²) < 4.78 is 47.3. The summed E-state index contributed by atoms with van der Waals surface area (Å²) in [5, 5.41) is 10.7. The smallest absolute Gasteiger partial charge is 0.238 e. The van der Waals surface area contributed by atoms with E-state index in [-0.39, 0.29) is 17.8 Å².